The van der Waals surface area contributed by atoms with E-state index in [0.29, 0.717) is 30.9 Å². The quantitative estimate of drug-likeness (QED) is 0.786. The number of ether oxygens (including phenoxy) is 1. The normalized spacial score (nSPS) is 17.4. The number of Topliss-reactive ketones (excluding diaryl/α,β-unsaturated/α-hetero) is 1. The lowest BCUT2D eigenvalue weighted by Crippen LogP contribution is -2.61. The number of hydrogen-bond acceptors (Lipinski definition) is 5. The first-order valence-corrected chi connectivity index (χ1v) is 8.60. The van der Waals surface area contributed by atoms with Crippen LogP contribution in [0.2, 0.25) is 0 Å². The Morgan fingerprint density at radius 2 is 2.00 bits per heavy atom. The molecule has 1 N–H and O–H groups in total. The van der Waals surface area contributed by atoms with Crippen molar-refractivity contribution in [2.24, 2.45) is 0 Å². The van der Waals surface area contributed by atoms with E-state index in [4.69, 9.17) is 4.74 Å². The highest BCUT2D eigenvalue weighted by atomic mass is 16.5. The molecule has 1 heterocycles. The van der Waals surface area contributed by atoms with E-state index in [0.717, 1.165) is 12.1 Å². The van der Waals surface area contributed by atoms with Gasteiger partial charge in [-0.05, 0) is 39.0 Å². The molecule has 0 aromatic heterocycles. The molecule has 0 radical (unpaired) electrons. The monoisotopic (exact) mass is 348 g/mol. The predicted molar refractivity (Wildman–Crippen MR) is 96.0 cm³/mol. The highest BCUT2D eigenvalue weighted by Gasteiger charge is 2.35. The van der Waals surface area contributed by atoms with E-state index in [9.17, 15) is 14.7 Å². The second kappa shape index (κ2) is 7.97. The van der Waals surface area contributed by atoms with Crippen LogP contribution in [0.15, 0.2) is 18.2 Å². The van der Waals surface area contributed by atoms with Gasteiger partial charge in [0.25, 0.3) is 0 Å². The van der Waals surface area contributed by atoms with Gasteiger partial charge >= 0.3 is 0 Å². The van der Waals surface area contributed by atoms with Crippen LogP contribution in [0.5, 0.6) is 5.75 Å². The Balaban J connectivity index is 2.12. The summed E-state index contributed by atoms with van der Waals surface area (Å²) in [4.78, 5) is 28.4. The van der Waals surface area contributed by atoms with Gasteiger partial charge in [0, 0.05) is 42.8 Å². The molecule has 138 valence electrons. The van der Waals surface area contributed by atoms with Crippen molar-refractivity contribution in [3.63, 3.8) is 0 Å². The van der Waals surface area contributed by atoms with Crippen molar-refractivity contribution >= 4 is 11.7 Å². The zero-order chi connectivity index (χ0) is 18.6. The van der Waals surface area contributed by atoms with Crippen LogP contribution in [-0.2, 0) is 11.2 Å². The van der Waals surface area contributed by atoms with Gasteiger partial charge in [0.1, 0.15) is 5.75 Å². The number of β-amino-alcohol motifs (C(OH)–C–C–N with tert-alkyl or cyclic N) is 1. The lowest BCUT2D eigenvalue weighted by atomic mass is 9.97. The van der Waals surface area contributed by atoms with E-state index < -0.39 is 0 Å². The summed E-state index contributed by atoms with van der Waals surface area (Å²) in [5, 5.41) is 9.19. The molecule has 2 rings (SSSR count). The predicted octanol–water partition coefficient (Wildman–Crippen LogP) is 1.36. The molecule has 0 saturated carbocycles. The van der Waals surface area contributed by atoms with Crippen LogP contribution in [0.1, 0.15) is 36.7 Å². The number of ketones is 1. The van der Waals surface area contributed by atoms with E-state index in [1.54, 1.807) is 25.3 Å². The van der Waals surface area contributed by atoms with E-state index in [-0.39, 0.29) is 30.3 Å². The summed E-state index contributed by atoms with van der Waals surface area (Å²) in [6.45, 7) is 8.39. The second-order valence-corrected chi connectivity index (χ2v) is 7.10. The van der Waals surface area contributed by atoms with Gasteiger partial charge in [-0.2, -0.15) is 0 Å². The lowest BCUT2D eigenvalue weighted by Gasteiger charge is -2.47. The van der Waals surface area contributed by atoms with Crippen molar-refractivity contribution in [2.45, 2.75) is 32.7 Å². The zero-order valence-electron chi connectivity index (χ0n) is 15.5. The van der Waals surface area contributed by atoms with Gasteiger partial charge < -0.3 is 14.7 Å². The van der Waals surface area contributed by atoms with Crippen molar-refractivity contribution < 1.29 is 19.4 Å². The van der Waals surface area contributed by atoms with Crippen LogP contribution >= 0.6 is 0 Å². The molecule has 6 nitrogen and oxygen atoms in total. The largest absolute Gasteiger partial charge is 0.496 e. The molecule has 1 aliphatic rings. The number of aliphatic hydroxyl groups is 1. The standard InChI is InChI=1S/C19H28N2O4/c1-14(23)15-5-6-17(25-4)16(11-15)12-18(24)20-7-8-21(9-10-22)19(2,3)13-20/h5-6,11,22H,7-10,12-13H2,1-4H3. The number of carbonyl (C=O) groups excluding carboxylic acids is 2. The molecule has 1 fully saturated rings. The highest BCUT2D eigenvalue weighted by Crippen LogP contribution is 2.24. The highest BCUT2D eigenvalue weighted by molar-refractivity contribution is 5.94. The molecule has 1 saturated heterocycles. The summed E-state index contributed by atoms with van der Waals surface area (Å²) < 4.78 is 5.34. The minimum Gasteiger partial charge on any atom is -0.496 e. The number of amides is 1. The Bertz CT molecular complexity index is 642. The number of hydrogen-bond donors (Lipinski definition) is 1. The number of benzene rings is 1. The number of nitrogens with zero attached hydrogens (tertiary/aromatic N) is 2. The van der Waals surface area contributed by atoms with Crippen LogP contribution < -0.4 is 4.74 Å². The minimum absolute atomic E-state index is 0.0238. The molecular formula is C19H28N2O4. The van der Waals surface area contributed by atoms with E-state index in [1.807, 2.05) is 4.90 Å². The van der Waals surface area contributed by atoms with Crippen LogP contribution in [0, 0.1) is 0 Å². The first-order chi connectivity index (χ1) is 11.8. The van der Waals surface area contributed by atoms with E-state index >= 15 is 0 Å². The van der Waals surface area contributed by atoms with Crippen molar-refractivity contribution in [3.8, 4) is 5.75 Å². The fourth-order valence-electron chi connectivity index (χ4n) is 3.35. The third-order valence-electron chi connectivity index (χ3n) is 4.82. The fourth-order valence-corrected chi connectivity index (χ4v) is 3.35. The van der Waals surface area contributed by atoms with E-state index in [1.165, 1.54) is 6.92 Å². The van der Waals surface area contributed by atoms with Crippen molar-refractivity contribution in [3.05, 3.63) is 29.3 Å². The molecule has 6 heteroatoms. The van der Waals surface area contributed by atoms with E-state index in [2.05, 4.69) is 18.7 Å². The molecule has 0 aliphatic carbocycles. The van der Waals surface area contributed by atoms with Gasteiger partial charge in [-0.15, -0.1) is 0 Å². The van der Waals surface area contributed by atoms with Crippen molar-refractivity contribution in [1.82, 2.24) is 9.80 Å². The molecule has 1 aromatic rings. The zero-order valence-corrected chi connectivity index (χ0v) is 15.5. The van der Waals surface area contributed by atoms with Crippen LogP contribution in [0.4, 0.5) is 0 Å². The van der Waals surface area contributed by atoms with Gasteiger partial charge in [-0.25, -0.2) is 0 Å². The van der Waals surface area contributed by atoms with Gasteiger partial charge in [0.2, 0.25) is 5.91 Å². The number of methoxy groups -OCH3 is 1. The maximum Gasteiger partial charge on any atom is 0.227 e. The van der Waals surface area contributed by atoms with Crippen molar-refractivity contribution in [1.29, 1.82) is 0 Å². The summed E-state index contributed by atoms with van der Waals surface area (Å²) >= 11 is 0. The summed E-state index contributed by atoms with van der Waals surface area (Å²) in [6.07, 6.45) is 0.209. The molecular weight excluding hydrogens is 320 g/mol. The van der Waals surface area contributed by atoms with Gasteiger partial charge in [-0.3, -0.25) is 14.5 Å². The fraction of sp³-hybridized carbons (Fsp3) is 0.579. The first-order valence-electron chi connectivity index (χ1n) is 8.60. The Hall–Kier alpha value is -1.92. The maximum atomic E-state index is 12.8. The average Bonchev–Trinajstić information content (AvgIpc) is 2.56. The van der Waals surface area contributed by atoms with Gasteiger partial charge in [-0.1, -0.05) is 0 Å². The molecule has 1 aliphatic heterocycles. The Morgan fingerprint density at radius 1 is 1.28 bits per heavy atom. The second-order valence-electron chi connectivity index (χ2n) is 7.10. The molecule has 1 aromatic carbocycles. The number of carbonyl (C=O) groups is 2. The lowest BCUT2D eigenvalue weighted by molar-refractivity contribution is -0.135. The summed E-state index contributed by atoms with van der Waals surface area (Å²) in [6, 6.07) is 5.20. The molecule has 25 heavy (non-hydrogen) atoms. The topological polar surface area (TPSA) is 70.1 Å². The van der Waals surface area contributed by atoms with Crippen LogP contribution in [0.3, 0.4) is 0 Å². The molecule has 0 atom stereocenters. The van der Waals surface area contributed by atoms with Crippen LogP contribution in [-0.4, -0.2) is 72.0 Å². The third kappa shape index (κ3) is 4.58. The first kappa shape index (κ1) is 19.4. The van der Waals surface area contributed by atoms with Gasteiger partial charge in [0.15, 0.2) is 5.78 Å². The van der Waals surface area contributed by atoms with Gasteiger partial charge in [0.05, 0.1) is 20.1 Å². The van der Waals surface area contributed by atoms with Crippen LogP contribution in [0.25, 0.3) is 0 Å². The Morgan fingerprint density at radius 3 is 2.56 bits per heavy atom. The summed E-state index contributed by atoms with van der Waals surface area (Å²) in [7, 11) is 1.56. The molecule has 0 spiro atoms. The number of piperazine rings is 1. The number of rotatable bonds is 6. The minimum atomic E-state index is -0.179. The Labute approximate surface area is 149 Å². The Kier molecular flexibility index (Phi) is 6.19. The van der Waals surface area contributed by atoms with Crippen molar-refractivity contribution in [2.75, 3.05) is 39.9 Å². The maximum absolute atomic E-state index is 12.8. The average molecular weight is 348 g/mol. The summed E-state index contributed by atoms with van der Waals surface area (Å²) in [5.41, 5.74) is 1.13. The molecule has 0 bridgehead atoms. The summed E-state index contributed by atoms with van der Waals surface area (Å²) in [5.74, 6) is 0.613. The SMILES string of the molecule is COc1ccc(C(C)=O)cc1CC(=O)N1CCN(CCO)C(C)(C)C1. The smallest absolute Gasteiger partial charge is 0.227 e. The molecule has 1 amide bonds. The molecule has 0 unspecified atom stereocenters. The third-order valence-corrected chi connectivity index (χ3v) is 4.82. The number of aliphatic hydroxyl groups excluding tert-OH is 1.